The molecule has 40 valence electrons. The third-order valence-electron chi connectivity index (χ3n) is 0. The van der Waals surface area contributed by atoms with Gasteiger partial charge in [0.25, 0.3) is 0 Å². The van der Waals surface area contributed by atoms with E-state index in [2.05, 4.69) is 0 Å². The minimum Gasteiger partial charge on any atom is -0.870 e. The summed E-state index contributed by atoms with van der Waals surface area (Å²) in [6.07, 6.45) is 0. The van der Waals surface area contributed by atoms with Crippen LogP contribution in [0.5, 0.6) is 0 Å². The van der Waals surface area contributed by atoms with Crippen LogP contribution in [0.2, 0.25) is 0 Å². The van der Waals surface area contributed by atoms with Crippen molar-refractivity contribution < 1.29 is 23.0 Å². The molecule has 0 amide bonds. The molecule has 0 saturated carbocycles. The second-order valence-electron chi connectivity index (χ2n) is 0.408. The molecule has 8 heteroatoms. The van der Waals surface area contributed by atoms with Crippen molar-refractivity contribution in [1.29, 1.82) is 0 Å². The average molecular weight is 180 g/mol. The van der Waals surface area contributed by atoms with Gasteiger partial charge in [-0.1, -0.05) is 0 Å². The summed E-state index contributed by atoms with van der Waals surface area (Å²) in [5.41, 5.74) is 0. The summed E-state index contributed by atoms with van der Waals surface area (Å²) < 4.78 is 34.1. The molecule has 0 spiro atoms. The fourth-order valence-corrected chi connectivity index (χ4v) is 0. The molecule has 0 aliphatic carbocycles. The monoisotopic (exact) mass is 180 g/mol. The average Bonchev–Trinajstić information content (AvgIpc) is 0.722. The Balaban J connectivity index is -0.0000000267. The van der Waals surface area contributed by atoms with E-state index in [1.165, 1.54) is 0 Å². The molecule has 0 rings (SSSR count). The van der Waals surface area contributed by atoms with Crippen molar-refractivity contribution in [3.05, 3.63) is 0 Å². The number of hydrogen-bond donors (Lipinski definition) is 0. The Kier molecular flexibility index (Phi) is 24.4. The van der Waals surface area contributed by atoms with Crippen molar-refractivity contribution in [3.63, 3.8) is 0 Å². The van der Waals surface area contributed by atoms with Gasteiger partial charge in [-0.25, -0.2) is 0 Å². The first-order valence-electron chi connectivity index (χ1n) is 0.667. The molecule has 1 N–H and O–H groups in total. The smallest absolute Gasteiger partial charge is 0.870 e. The van der Waals surface area contributed by atoms with E-state index in [-0.39, 0.29) is 60.6 Å². The van der Waals surface area contributed by atoms with Crippen LogP contribution in [0.3, 0.4) is 0 Å². The van der Waals surface area contributed by atoms with Gasteiger partial charge in [-0.3, -0.25) is 8.42 Å². The van der Waals surface area contributed by atoms with Crippen LogP contribution >= 0.6 is 0 Å². The molecule has 0 aliphatic heterocycles. The SMILES string of the molecule is O=S(=O)([O-])[O-].[Al+3].[Ca+2].[OH-]. The van der Waals surface area contributed by atoms with Crippen molar-refractivity contribution in [2.45, 2.75) is 0 Å². The minimum absolute atomic E-state index is 0. The first kappa shape index (κ1) is 22.6. The Hall–Kier alpha value is 1.62. The number of hydrogen-bond acceptors (Lipinski definition) is 5. The fourth-order valence-electron chi connectivity index (χ4n) is 0. The summed E-state index contributed by atoms with van der Waals surface area (Å²) in [5, 5.41) is 0. The van der Waals surface area contributed by atoms with Crippen LogP contribution in [0.1, 0.15) is 0 Å². The third-order valence-corrected chi connectivity index (χ3v) is 0. The van der Waals surface area contributed by atoms with Crippen molar-refractivity contribution >= 4 is 65.5 Å². The van der Waals surface area contributed by atoms with E-state index in [9.17, 15) is 0 Å². The molecule has 0 aromatic rings. The van der Waals surface area contributed by atoms with Crippen molar-refractivity contribution in [2.75, 3.05) is 0 Å². The Morgan fingerprint density at radius 3 is 1.12 bits per heavy atom. The third kappa shape index (κ3) is 127. The van der Waals surface area contributed by atoms with E-state index < -0.39 is 10.4 Å². The minimum atomic E-state index is -5.17. The largest absolute Gasteiger partial charge is 3.00 e. The predicted octanol–water partition coefficient (Wildman–Crippen LogP) is -2.28. The van der Waals surface area contributed by atoms with E-state index in [0.717, 1.165) is 0 Å². The zero-order chi connectivity index (χ0) is 4.50. The Morgan fingerprint density at radius 1 is 1.12 bits per heavy atom. The van der Waals surface area contributed by atoms with Crippen molar-refractivity contribution in [2.24, 2.45) is 0 Å². The molecule has 0 saturated heterocycles. The molecule has 5 nitrogen and oxygen atoms in total. The summed E-state index contributed by atoms with van der Waals surface area (Å²) in [7, 11) is -5.17. The molecule has 0 aromatic heterocycles. The second-order valence-corrected chi connectivity index (χ2v) is 1.22. The second kappa shape index (κ2) is 8.62. The molecular formula is HAlCaO5S+2. The van der Waals surface area contributed by atoms with E-state index >= 15 is 0 Å². The van der Waals surface area contributed by atoms with Gasteiger partial charge >= 0.3 is 55.1 Å². The molecule has 0 fully saturated rings. The molecular weight excluding hydrogens is 179 g/mol. The molecule has 0 atom stereocenters. The maximum atomic E-state index is 8.52. The van der Waals surface area contributed by atoms with Gasteiger partial charge in [0.15, 0.2) is 0 Å². The maximum absolute atomic E-state index is 8.52. The van der Waals surface area contributed by atoms with Crippen LogP contribution in [-0.2, 0) is 10.4 Å². The van der Waals surface area contributed by atoms with Crippen molar-refractivity contribution in [3.8, 4) is 0 Å². The zero-order valence-electron chi connectivity index (χ0n) is 3.77. The maximum Gasteiger partial charge on any atom is 3.00 e. The fraction of sp³-hybridized carbons (Fsp3) is 0. The van der Waals surface area contributed by atoms with Gasteiger partial charge in [-0.15, -0.1) is 0 Å². The van der Waals surface area contributed by atoms with E-state index in [4.69, 9.17) is 17.5 Å². The first-order valence-corrected chi connectivity index (χ1v) is 2.00. The predicted molar refractivity (Wildman–Crippen MR) is 23.9 cm³/mol. The molecule has 0 unspecified atom stereocenters. The van der Waals surface area contributed by atoms with E-state index in [1.54, 1.807) is 0 Å². The van der Waals surface area contributed by atoms with Gasteiger partial charge < -0.3 is 14.6 Å². The van der Waals surface area contributed by atoms with Crippen LogP contribution in [0.15, 0.2) is 0 Å². The van der Waals surface area contributed by atoms with Gasteiger partial charge in [-0.05, 0) is 0 Å². The summed E-state index contributed by atoms with van der Waals surface area (Å²) in [6, 6.07) is 0. The molecule has 0 aromatic carbocycles. The quantitative estimate of drug-likeness (QED) is 0.237. The molecule has 8 heavy (non-hydrogen) atoms. The Morgan fingerprint density at radius 2 is 1.12 bits per heavy atom. The standard InChI is InChI=1S/Al.Ca.H2O4S.H2O/c;;1-5(2,3)4;/h;;(H2,1,2,3,4);1H2/q+3;+2;;/p-3. The normalized spacial score (nSPS) is 7.25. The van der Waals surface area contributed by atoms with Gasteiger partial charge in [-0.2, -0.15) is 0 Å². The van der Waals surface area contributed by atoms with Crippen LogP contribution < -0.4 is 0 Å². The van der Waals surface area contributed by atoms with Crippen LogP contribution in [0, 0.1) is 0 Å². The molecule has 0 radical (unpaired) electrons. The summed E-state index contributed by atoms with van der Waals surface area (Å²) >= 11 is 0. The van der Waals surface area contributed by atoms with Gasteiger partial charge in [0.1, 0.15) is 0 Å². The van der Waals surface area contributed by atoms with E-state index in [0.29, 0.717) is 0 Å². The van der Waals surface area contributed by atoms with Gasteiger partial charge in [0.05, 0.1) is 0 Å². The van der Waals surface area contributed by atoms with Crippen LogP contribution in [-0.4, -0.2) is 78.1 Å². The Bertz CT molecular complexity index is 95.6. The molecule has 0 heterocycles. The van der Waals surface area contributed by atoms with Crippen molar-refractivity contribution in [1.82, 2.24) is 0 Å². The summed E-state index contributed by atoms with van der Waals surface area (Å²) in [4.78, 5) is 0. The van der Waals surface area contributed by atoms with Gasteiger partial charge in [0, 0.05) is 10.4 Å². The van der Waals surface area contributed by atoms with Crippen LogP contribution in [0.25, 0.3) is 0 Å². The zero-order valence-corrected chi connectivity index (χ0v) is 7.95. The molecule has 0 bridgehead atoms. The topological polar surface area (TPSA) is 110 Å². The summed E-state index contributed by atoms with van der Waals surface area (Å²) in [6.45, 7) is 0. The Labute approximate surface area is 87.5 Å². The molecule has 0 aliphatic rings. The first-order chi connectivity index (χ1) is 2.00. The van der Waals surface area contributed by atoms with Crippen LogP contribution in [0.4, 0.5) is 0 Å². The van der Waals surface area contributed by atoms with Gasteiger partial charge in [0.2, 0.25) is 0 Å². The number of rotatable bonds is 0. The van der Waals surface area contributed by atoms with E-state index in [1.807, 2.05) is 0 Å². The summed E-state index contributed by atoms with van der Waals surface area (Å²) in [5.74, 6) is 0.